The summed E-state index contributed by atoms with van der Waals surface area (Å²) in [6, 6.07) is 18.9. The van der Waals surface area contributed by atoms with E-state index in [2.05, 4.69) is 76.3 Å². The van der Waals surface area contributed by atoms with Crippen molar-refractivity contribution < 1.29 is 4.58 Å². The van der Waals surface area contributed by atoms with Crippen molar-refractivity contribution in [1.82, 2.24) is 4.98 Å². The lowest BCUT2D eigenvalue weighted by atomic mass is 10.1. The van der Waals surface area contributed by atoms with Crippen LogP contribution in [0.4, 0.5) is 11.4 Å². The Morgan fingerprint density at radius 2 is 1.86 bits per heavy atom. The van der Waals surface area contributed by atoms with Gasteiger partial charge in [-0.2, -0.15) is 4.58 Å². The molecule has 0 saturated carbocycles. The van der Waals surface area contributed by atoms with Crippen LogP contribution in [0, 0.1) is 0 Å². The van der Waals surface area contributed by atoms with Gasteiger partial charge in [0.15, 0.2) is 6.21 Å². The number of rotatable bonds is 1. The van der Waals surface area contributed by atoms with Gasteiger partial charge in [0.1, 0.15) is 5.52 Å². The summed E-state index contributed by atoms with van der Waals surface area (Å²) < 4.78 is 2.26. The van der Waals surface area contributed by atoms with E-state index in [0.29, 0.717) is 0 Å². The molecule has 0 radical (unpaired) electrons. The molecule has 0 amide bonds. The topological polar surface area (TPSA) is 19.1 Å². The van der Waals surface area contributed by atoms with Gasteiger partial charge in [-0.3, -0.25) is 0 Å². The molecule has 0 unspecified atom stereocenters. The van der Waals surface area contributed by atoms with E-state index in [1.807, 2.05) is 12.3 Å². The van der Waals surface area contributed by atoms with Gasteiger partial charge in [0.25, 0.3) is 0 Å². The normalized spacial score (nSPS) is 14.0. The maximum Gasteiger partial charge on any atom is 0.233 e. The van der Waals surface area contributed by atoms with Crippen molar-refractivity contribution in [3.05, 3.63) is 66.4 Å². The monoisotopic (exact) mass is 274 g/mol. The van der Waals surface area contributed by atoms with E-state index in [9.17, 15) is 0 Å². The number of hydrogen-bond acceptors (Lipinski definition) is 2. The van der Waals surface area contributed by atoms with Crippen LogP contribution in [0.2, 0.25) is 0 Å². The molecule has 0 N–H and O–H groups in total. The molecule has 1 aliphatic heterocycles. The summed E-state index contributed by atoms with van der Waals surface area (Å²) in [6.07, 6.45) is 4.06. The van der Waals surface area contributed by atoms with E-state index >= 15 is 0 Å². The second kappa shape index (κ2) is 4.70. The zero-order valence-electron chi connectivity index (χ0n) is 11.9. The van der Waals surface area contributed by atoms with Crippen molar-refractivity contribution >= 4 is 28.5 Å². The lowest BCUT2D eigenvalue weighted by molar-refractivity contribution is -0.433. The predicted molar refractivity (Wildman–Crippen MR) is 86.5 cm³/mol. The maximum atomic E-state index is 4.56. The number of fused-ring (bicyclic) bond motifs is 2. The van der Waals surface area contributed by atoms with E-state index in [0.717, 1.165) is 17.9 Å². The van der Waals surface area contributed by atoms with Crippen LogP contribution in [-0.4, -0.2) is 29.5 Å². The maximum absolute atomic E-state index is 4.56. The van der Waals surface area contributed by atoms with Gasteiger partial charge in [-0.15, -0.1) is 0 Å². The molecule has 0 atom stereocenters. The fourth-order valence-electron chi connectivity index (χ4n) is 2.92. The quantitative estimate of drug-likeness (QED) is 0.633. The van der Waals surface area contributed by atoms with E-state index < -0.39 is 0 Å². The van der Waals surface area contributed by atoms with Crippen LogP contribution in [0.25, 0.3) is 10.9 Å². The fourth-order valence-corrected chi connectivity index (χ4v) is 2.92. The summed E-state index contributed by atoms with van der Waals surface area (Å²) in [5.74, 6) is 0. The molecule has 21 heavy (non-hydrogen) atoms. The number of hydrogen-bond donors (Lipinski definition) is 0. The van der Waals surface area contributed by atoms with Crippen LogP contribution in [0.3, 0.4) is 0 Å². The Morgan fingerprint density at radius 1 is 1.00 bits per heavy atom. The first-order valence-corrected chi connectivity index (χ1v) is 7.08. The standard InChI is InChI=1S/C18H16N3/c1-20-13-21(12-15-6-2-3-9-16(15)20)17-10-4-7-14-8-5-11-19-18(14)17/h2-12H,13H2,1H3/q+1. The van der Waals surface area contributed by atoms with Gasteiger partial charge in [0.2, 0.25) is 12.4 Å². The molecule has 0 spiro atoms. The van der Waals surface area contributed by atoms with Crippen LogP contribution in [0.5, 0.6) is 0 Å². The molecule has 1 aliphatic rings. The highest BCUT2D eigenvalue weighted by atomic mass is 15.3. The van der Waals surface area contributed by atoms with Crippen LogP contribution in [0.15, 0.2) is 60.8 Å². The molecule has 0 aliphatic carbocycles. The molecule has 102 valence electrons. The van der Waals surface area contributed by atoms with Gasteiger partial charge in [0, 0.05) is 24.7 Å². The summed E-state index contributed by atoms with van der Waals surface area (Å²) in [6.45, 7) is 0.826. The number of aromatic nitrogens is 1. The Hall–Kier alpha value is -2.68. The van der Waals surface area contributed by atoms with Crippen molar-refractivity contribution in [3.63, 3.8) is 0 Å². The Balaban J connectivity index is 1.92. The third-order valence-electron chi connectivity index (χ3n) is 3.93. The van der Waals surface area contributed by atoms with Gasteiger partial charge < -0.3 is 4.90 Å². The fraction of sp³-hybridized carbons (Fsp3) is 0.111. The van der Waals surface area contributed by atoms with E-state index in [1.165, 1.54) is 16.6 Å². The number of pyridine rings is 1. The summed E-state index contributed by atoms with van der Waals surface area (Å²) in [7, 11) is 2.12. The number of nitrogens with zero attached hydrogens (tertiary/aromatic N) is 3. The van der Waals surface area contributed by atoms with Crippen molar-refractivity contribution in [3.8, 4) is 0 Å². The van der Waals surface area contributed by atoms with Crippen LogP contribution >= 0.6 is 0 Å². The lowest BCUT2D eigenvalue weighted by Gasteiger charge is -2.23. The Morgan fingerprint density at radius 3 is 2.81 bits per heavy atom. The molecule has 3 heteroatoms. The Kier molecular flexibility index (Phi) is 2.71. The summed E-state index contributed by atoms with van der Waals surface area (Å²) in [5.41, 5.74) is 4.69. The highest BCUT2D eigenvalue weighted by Crippen LogP contribution is 2.27. The largest absolute Gasteiger partial charge is 0.319 e. The summed E-state index contributed by atoms with van der Waals surface area (Å²) >= 11 is 0. The molecule has 3 aromatic rings. The van der Waals surface area contributed by atoms with E-state index in [4.69, 9.17) is 0 Å². The molecule has 0 saturated heterocycles. The van der Waals surface area contributed by atoms with Crippen LogP contribution < -0.4 is 4.90 Å². The third-order valence-corrected chi connectivity index (χ3v) is 3.93. The van der Waals surface area contributed by atoms with Crippen LogP contribution in [-0.2, 0) is 0 Å². The minimum atomic E-state index is 0.826. The second-order valence-corrected chi connectivity index (χ2v) is 5.35. The first-order valence-electron chi connectivity index (χ1n) is 7.08. The Bertz CT molecular complexity index is 846. The highest BCUT2D eigenvalue weighted by Gasteiger charge is 2.23. The molecular weight excluding hydrogens is 258 g/mol. The summed E-state index contributed by atoms with van der Waals surface area (Å²) in [5, 5.41) is 1.17. The first-order chi connectivity index (χ1) is 10.3. The van der Waals surface area contributed by atoms with Gasteiger partial charge in [-0.1, -0.05) is 30.3 Å². The molecule has 2 aromatic carbocycles. The summed E-state index contributed by atoms with van der Waals surface area (Å²) in [4.78, 5) is 6.82. The number of anilines is 1. The second-order valence-electron chi connectivity index (χ2n) is 5.35. The minimum Gasteiger partial charge on any atom is -0.319 e. The lowest BCUT2D eigenvalue weighted by Crippen LogP contribution is -2.32. The zero-order valence-corrected chi connectivity index (χ0v) is 11.9. The van der Waals surface area contributed by atoms with Crippen LogP contribution in [0.1, 0.15) is 5.56 Å². The molecule has 1 aromatic heterocycles. The molecular formula is C18H16N3+. The predicted octanol–water partition coefficient (Wildman–Crippen LogP) is 3.41. The number of para-hydroxylation sites is 2. The smallest absolute Gasteiger partial charge is 0.233 e. The van der Waals surface area contributed by atoms with E-state index in [-0.39, 0.29) is 0 Å². The SMILES string of the molecule is CN1C[N+](c2cccc3cccnc23)=Cc2ccccc21. The Labute approximate surface area is 123 Å². The van der Waals surface area contributed by atoms with Crippen molar-refractivity contribution in [2.24, 2.45) is 0 Å². The molecule has 2 heterocycles. The highest BCUT2D eigenvalue weighted by molar-refractivity contribution is 5.90. The molecule has 0 fully saturated rings. The van der Waals surface area contributed by atoms with Crippen molar-refractivity contribution in [2.75, 3.05) is 18.6 Å². The molecule has 3 nitrogen and oxygen atoms in total. The average molecular weight is 274 g/mol. The number of benzene rings is 2. The van der Waals surface area contributed by atoms with Gasteiger partial charge in [-0.25, -0.2) is 4.98 Å². The van der Waals surface area contributed by atoms with Gasteiger partial charge in [0.05, 0.1) is 11.3 Å². The van der Waals surface area contributed by atoms with Gasteiger partial charge in [-0.05, 0) is 18.2 Å². The molecule has 0 bridgehead atoms. The van der Waals surface area contributed by atoms with Gasteiger partial charge >= 0.3 is 0 Å². The zero-order chi connectivity index (χ0) is 14.2. The van der Waals surface area contributed by atoms with Crippen molar-refractivity contribution in [2.45, 2.75) is 0 Å². The van der Waals surface area contributed by atoms with E-state index in [1.54, 1.807) is 0 Å². The minimum absolute atomic E-state index is 0.826. The third kappa shape index (κ3) is 1.98. The average Bonchev–Trinajstić information content (AvgIpc) is 2.54. The van der Waals surface area contributed by atoms with Crippen molar-refractivity contribution in [1.29, 1.82) is 0 Å². The first kappa shape index (κ1) is 12.1. The molecule has 4 rings (SSSR count).